The highest BCUT2D eigenvalue weighted by molar-refractivity contribution is 5.73. The predicted molar refractivity (Wildman–Crippen MR) is 93.0 cm³/mol. The number of hydrogen-bond acceptors (Lipinski definition) is 3. The van der Waals surface area contributed by atoms with Crippen molar-refractivity contribution in [2.75, 3.05) is 32.7 Å². The maximum atomic E-state index is 14.0. The number of rotatable bonds is 3. The third-order valence-electron chi connectivity index (χ3n) is 5.36. The Kier molecular flexibility index (Phi) is 5.67. The van der Waals surface area contributed by atoms with Gasteiger partial charge in [0, 0.05) is 57.7 Å². The van der Waals surface area contributed by atoms with Crippen LogP contribution in [0.1, 0.15) is 31.2 Å². The van der Waals surface area contributed by atoms with Gasteiger partial charge in [-0.2, -0.15) is 0 Å². The summed E-state index contributed by atoms with van der Waals surface area (Å²) in [6.07, 6.45) is 3.13. The van der Waals surface area contributed by atoms with E-state index in [2.05, 4.69) is 4.90 Å². The zero-order valence-electron chi connectivity index (χ0n) is 14.9. The quantitative estimate of drug-likeness (QED) is 0.659. The van der Waals surface area contributed by atoms with E-state index in [1.807, 2.05) is 11.0 Å². The maximum Gasteiger partial charge on any atom is 0.219 e. The predicted octanol–water partition coefficient (Wildman–Crippen LogP) is 2.40. The van der Waals surface area contributed by atoms with Crippen LogP contribution in [0.2, 0.25) is 0 Å². The lowest BCUT2D eigenvalue weighted by molar-refractivity contribution is -0.130. The Morgan fingerprint density at radius 1 is 1.12 bits per heavy atom. The highest BCUT2D eigenvalue weighted by atomic mass is 19.2. The molecule has 1 heterocycles. The average molecular weight is 367 g/mol. The van der Waals surface area contributed by atoms with Crippen LogP contribution in [0, 0.1) is 17.5 Å². The lowest BCUT2D eigenvalue weighted by Crippen LogP contribution is -2.48. The molecule has 26 heavy (non-hydrogen) atoms. The first-order valence-electron chi connectivity index (χ1n) is 8.91. The molecule has 0 unspecified atom stereocenters. The van der Waals surface area contributed by atoms with Gasteiger partial charge in [0.15, 0.2) is 11.6 Å². The van der Waals surface area contributed by atoms with Crippen molar-refractivity contribution in [2.24, 2.45) is 5.73 Å². The largest absolute Gasteiger partial charge is 0.340 e. The number of piperazine rings is 1. The molecule has 0 radical (unpaired) electrons. The minimum Gasteiger partial charge on any atom is -0.340 e. The molecule has 1 saturated heterocycles. The van der Waals surface area contributed by atoms with Crippen molar-refractivity contribution in [1.29, 1.82) is 0 Å². The first kappa shape index (κ1) is 18.9. The van der Waals surface area contributed by atoms with E-state index in [1.165, 1.54) is 5.57 Å². The maximum absolute atomic E-state index is 14.0. The summed E-state index contributed by atoms with van der Waals surface area (Å²) >= 11 is 0. The smallest absolute Gasteiger partial charge is 0.219 e. The number of nitrogens with zero attached hydrogens (tertiary/aromatic N) is 2. The second kappa shape index (κ2) is 7.80. The van der Waals surface area contributed by atoms with Crippen molar-refractivity contribution in [3.63, 3.8) is 0 Å². The molecule has 1 aliphatic heterocycles. The van der Waals surface area contributed by atoms with Crippen molar-refractivity contribution >= 4 is 5.91 Å². The van der Waals surface area contributed by atoms with Gasteiger partial charge in [-0.15, -0.1) is 0 Å². The highest BCUT2D eigenvalue weighted by Gasteiger charge is 2.29. The van der Waals surface area contributed by atoms with E-state index < -0.39 is 17.5 Å². The summed E-state index contributed by atoms with van der Waals surface area (Å²) in [5.41, 5.74) is 7.54. The molecule has 2 atom stereocenters. The first-order valence-corrected chi connectivity index (χ1v) is 8.91. The van der Waals surface area contributed by atoms with Crippen LogP contribution < -0.4 is 5.73 Å². The van der Waals surface area contributed by atoms with Crippen molar-refractivity contribution in [3.8, 4) is 0 Å². The van der Waals surface area contributed by atoms with Gasteiger partial charge in [0.25, 0.3) is 0 Å². The summed E-state index contributed by atoms with van der Waals surface area (Å²) in [7, 11) is 0. The number of halogens is 3. The summed E-state index contributed by atoms with van der Waals surface area (Å²) in [5, 5.41) is 0. The molecule has 7 heteroatoms. The molecule has 2 N–H and O–H groups in total. The second-order valence-electron chi connectivity index (χ2n) is 7.14. The van der Waals surface area contributed by atoms with E-state index in [1.54, 1.807) is 6.92 Å². The number of amides is 1. The zero-order chi connectivity index (χ0) is 18.8. The lowest BCUT2D eigenvalue weighted by Gasteiger charge is -2.36. The first-order chi connectivity index (χ1) is 12.3. The molecule has 142 valence electrons. The Morgan fingerprint density at radius 3 is 2.38 bits per heavy atom. The monoisotopic (exact) mass is 367 g/mol. The third kappa shape index (κ3) is 4.10. The van der Waals surface area contributed by atoms with Crippen molar-refractivity contribution in [1.82, 2.24) is 9.80 Å². The van der Waals surface area contributed by atoms with Gasteiger partial charge in [-0.3, -0.25) is 9.69 Å². The fourth-order valence-electron chi connectivity index (χ4n) is 3.81. The molecule has 2 aliphatic rings. The van der Waals surface area contributed by atoms with Crippen LogP contribution in [0.25, 0.3) is 0 Å². The molecule has 0 saturated carbocycles. The van der Waals surface area contributed by atoms with E-state index in [0.717, 1.165) is 38.8 Å². The molecule has 1 aromatic rings. The summed E-state index contributed by atoms with van der Waals surface area (Å²) in [4.78, 5) is 15.5. The molecule has 1 amide bonds. The SMILES string of the molecule is CC(=O)N1CCN(CC2=CC[C@H](c3cc(F)c(F)cc3F)[C@@H](N)C2)CC1. The molecule has 3 rings (SSSR count). The van der Waals surface area contributed by atoms with E-state index >= 15 is 0 Å². The molecule has 0 bridgehead atoms. The molecular weight excluding hydrogens is 343 g/mol. The van der Waals surface area contributed by atoms with Crippen LogP contribution >= 0.6 is 0 Å². The van der Waals surface area contributed by atoms with Gasteiger partial charge in [-0.25, -0.2) is 13.2 Å². The van der Waals surface area contributed by atoms with Crippen LogP contribution in [0.15, 0.2) is 23.8 Å². The molecule has 0 aromatic heterocycles. The minimum atomic E-state index is -1.18. The molecule has 0 spiro atoms. The van der Waals surface area contributed by atoms with Gasteiger partial charge in [-0.1, -0.05) is 11.6 Å². The Balaban J connectivity index is 1.63. The van der Waals surface area contributed by atoms with E-state index in [4.69, 9.17) is 5.73 Å². The lowest BCUT2D eigenvalue weighted by atomic mass is 9.80. The minimum absolute atomic E-state index is 0.0972. The standard InChI is InChI=1S/C19H24F3N3O/c1-12(26)25-6-4-24(5-7-25)11-13-2-3-14(19(23)8-13)15-9-17(21)18(22)10-16(15)20/h2,9-10,14,19H,3-8,11,23H2,1H3/t14-,19+/m1/s1. The molecule has 4 nitrogen and oxygen atoms in total. The van der Waals surface area contributed by atoms with Gasteiger partial charge in [-0.05, 0) is 24.5 Å². The summed E-state index contributed by atoms with van der Waals surface area (Å²) < 4.78 is 40.7. The summed E-state index contributed by atoms with van der Waals surface area (Å²) in [6.45, 7) is 5.41. The van der Waals surface area contributed by atoms with Gasteiger partial charge >= 0.3 is 0 Å². The third-order valence-corrected chi connectivity index (χ3v) is 5.36. The van der Waals surface area contributed by atoms with Crippen molar-refractivity contribution in [2.45, 2.75) is 31.7 Å². The Morgan fingerprint density at radius 2 is 1.77 bits per heavy atom. The number of carbonyl (C=O) groups is 1. The van der Waals surface area contributed by atoms with Crippen LogP contribution in [0.5, 0.6) is 0 Å². The number of carbonyl (C=O) groups excluding carboxylic acids is 1. The summed E-state index contributed by atoms with van der Waals surface area (Å²) in [6, 6.07) is 1.17. The van der Waals surface area contributed by atoms with Gasteiger partial charge in [0.1, 0.15) is 5.82 Å². The Bertz CT molecular complexity index is 714. The Hall–Kier alpha value is -1.86. The van der Waals surface area contributed by atoms with Crippen LogP contribution in [-0.4, -0.2) is 54.5 Å². The fraction of sp³-hybridized carbons (Fsp3) is 0.526. The number of nitrogens with two attached hydrogens (primary N) is 1. The van der Waals surface area contributed by atoms with Crippen LogP contribution in [0.4, 0.5) is 13.2 Å². The molecule has 1 fully saturated rings. The highest BCUT2D eigenvalue weighted by Crippen LogP contribution is 2.34. The van der Waals surface area contributed by atoms with Gasteiger partial charge in [0.05, 0.1) is 0 Å². The average Bonchev–Trinajstić information content (AvgIpc) is 2.59. The summed E-state index contributed by atoms with van der Waals surface area (Å²) in [5.74, 6) is -3.24. The number of allylic oxidation sites excluding steroid dienone is 1. The van der Waals surface area contributed by atoms with Crippen molar-refractivity contribution < 1.29 is 18.0 Å². The molecule has 1 aliphatic carbocycles. The topological polar surface area (TPSA) is 49.6 Å². The fourth-order valence-corrected chi connectivity index (χ4v) is 3.81. The Labute approximate surface area is 151 Å². The second-order valence-corrected chi connectivity index (χ2v) is 7.14. The van der Waals surface area contributed by atoms with E-state index in [0.29, 0.717) is 18.9 Å². The van der Waals surface area contributed by atoms with E-state index in [9.17, 15) is 18.0 Å². The van der Waals surface area contributed by atoms with E-state index in [-0.39, 0.29) is 23.4 Å². The zero-order valence-corrected chi connectivity index (χ0v) is 14.9. The molecular formula is C19H24F3N3O. The van der Waals surface area contributed by atoms with Crippen molar-refractivity contribution in [3.05, 3.63) is 46.8 Å². The van der Waals surface area contributed by atoms with Gasteiger partial charge < -0.3 is 10.6 Å². The van der Waals surface area contributed by atoms with Crippen LogP contribution in [0.3, 0.4) is 0 Å². The number of benzene rings is 1. The molecule has 1 aromatic carbocycles. The number of hydrogen-bond donors (Lipinski definition) is 1. The normalized spacial score (nSPS) is 24.5. The van der Waals surface area contributed by atoms with Crippen LogP contribution in [-0.2, 0) is 4.79 Å². The van der Waals surface area contributed by atoms with Gasteiger partial charge in [0.2, 0.25) is 5.91 Å².